The summed E-state index contributed by atoms with van der Waals surface area (Å²) in [5.41, 5.74) is 7.78. The maximum absolute atomic E-state index is 6.18. The van der Waals surface area contributed by atoms with Crippen LogP contribution in [-0.2, 0) is 0 Å². The molecule has 1 aliphatic carbocycles. The Morgan fingerprint density at radius 3 is 2.93 bits per heavy atom. The van der Waals surface area contributed by atoms with Crippen LogP contribution in [0.2, 0.25) is 5.02 Å². The van der Waals surface area contributed by atoms with E-state index in [1.165, 1.54) is 6.42 Å². The Morgan fingerprint density at radius 2 is 2.27 bits per heavy atom. The molecule has 0 amide bonds. The first-order chi connectivity index (χ1) is 7.18. The van der Waals surface area contributed by atoms with Crippen LogP contribution in [0, 0.1) is 5.92 Å². The zero-order valence-electron chi connectivity index (χ0n) is 8.44. The van der Waals surface area contributed by atoms with Gasteiger partial charge in [0, 0.05) is 6.04 Å². The summed E-state index contributed by atoms with van der Waals surface area (Å²) in [5, 5.41) is 0.732. The lowest BCUT2D eigenvalue weighted by molar-refractivity contribution is 0.715. The molecule has 2 unspecified atom stereocenters. The van der Waals surface area contributed by atoms with Crippen LogP contribution >= 0.6 is 11.6 Å². The third-order valence-electron chi connectivity index (χ3n) is 3.09. The lowest BCUT2D eigenvalue weighted by Gasteiger charge is -2.05. The molecule has 3 rings (SSSR count). The van der Waals surface area contributed by atoms with Crippen molar-refractivity contribution in [2.75, 3.05) is 5.73 Å². The van der Waals surface area contributed by atoms with Gasteiger partial charge in [0.05, 0.1) is 16.1 Å². The molecule has 0 bridgehead atoms. The second-order valence-corrected chi connectivity index (χ2v) is 4.64. The highest BCUT2D eigenvalue weighted by atomic mass is 35.5. The lowest BCUT2D eigenvalue weighted by Crippen LogP contribution is -2.01. The van der Waals surface area contributed by atoms with Crippen LogP contribution < -0.4 is 5.73 Å². The zero-order chi connectivity index (χ0) is 10.6. The van der Waals surface area contributed by atoms with E-state index >= 15 is 0 Å². The number of benzene rings is 1. The van der Waals surface area contributed by atoms with Gasteiger partial charge in [-0.1, -0.05) is 24.6 Å². The molecule has 3 nitrogen and oxygen atoms in total. The molecule has 4 heteroatoms. The number of nitrogens with zero attached hydrogens (tertiary/aromatic N) is 2. The number of nitrogens with two attached hydrogens (primary N) is 1. The second kappa shape index (κ2) is 2.89. The van der Waals surface area contributed by atoms with Crippen LogP contribution in [0.4, 0.5) is 5.95 Å². The van der Waals surface area contributed by atoms with Crippen LogP contribution in [0.5, 0.6) is 0 Å². The first kappa shape index (κ1) is 9.04. The zero-order valence-corrected chi connectivity index (χ0v) is 9.20. The van der Waals surface area contributed by atoms with Crippen molar-refractivity contribution in [1.82, 2.24) is 9.55 Å². The molecule has 1 saturated carbocycles. The predicted molar refractivity (Wildman–Crippen MR) is 62.0 cm³/mol. The quantitative estimate of drug-likeness (QED) is 0.805. The number of halogens is 1. The van der Waals surface area contributed by atoms with Gasteiger partial charge in [0.15, 0.2) is 0 Å². The van der Waals surface area contributed by atoms with E-state index < -0.39 is 0 Å². The molecule has 0 spiro atoms. The van der Waals surface area contributed by atoms with E-state index in [1.54, 1.807) is 0 Å². The first-order valence-electron chi connectivity index (χ1n) is 5.10. The summed E-state index contributed by atoms with van der Waals surface area (Å²) in [7, 11) is 0. The van der Waals surface area contributed by atoms with Gasteiger partial charge in [-0.15, -0.1) is 0 Å². The molecule has 78 valence electrons. The second-order valence-electron chi connectivity index (χ2n) is 4.23. The average Bonchev–Trinajstić information content (AvgIpc) is 2.77. The summed E-state index contributed by atoms with van der Waals surface area (Å²) in [6, 6.07) is 6.21. The number of aromatic nitrogens is 2. The highest BCUT2D eigenvalue weighted by Crippen LogP contribution is 2.46. The summed E-state index contributed by atoms with van der Waals surface area (Å²) in [6.07, 6.45) is 1.17. The van der Waals surface area contributed by atoms with Crippen molar-refractivity contribution in [3.05, 3.63) is 23.2 Å². The highest BCUT2D eigenvalue weighted by Gasteiger charge is 2.37. The van der Waals surface area contributed by atoms with Crippen LogP contribution in [0.1, 0.15) is 19.4 Å². The summed E-state index contributed by atoms with van der Waals surface area (Å²) in [4.78, 5) is 4.33. The Hall–Kier alpha value is -1.22. The SMILES string of the molecule is CC1CC1n1c(N)nc2cccc(Cl)c21. The molecular weight excluding hydrogens is 210 g/mol. The monoisotopic (exact) mass is 221 g/mol. The molecule has 0 radical (unpaired) electrons. The van der Waals surface area contributed by atoms with E-state index in [-0.39, 0.29) is 0 Å². The fourth-order valence-corrected chi connectivity index (χ4v) is 2.38. The molecule has 0 aliphatic heterocycles. The van der Waals surface area contributed by atoms with Gasteiger partial charge >= 0.3 is 0 Å². The number of fused-ring (bicyclic) bond motifs is 1. The average molecular weight is 222 g/mol. The number of hydrogen-bond acceptors (Lipinski definition) is 2. The van der Waals surface area contributed by atoms with Gasteiger partial charge in [-0.05, 0) is 24.5 Å². The largest absolute Gasteiger partial charge is 0.369 e. The number of imidazole rings is 1. The Morgan fingerprint density at radius 1 is 1.53 bits per heavy atom. The summed E-state index contributed by atoms with van der Waals surface area (Å²) in [5.74, 6) is 1.26. The number of nitrogen functional groups attached to an aromatic ring is 1. The van der Waals surface area contributed by atoms with E-state index in [1.807, 2.05) is 18.2 Å². The molecule has 1 fully saturated rings. The Bertz CT molecular complexity index is 532. The standard InChI is InChI=1S/C11H12ClN3/c1-6-5-9(6)15-10-7(12)3-2-4-8(10)14-11(15)13/h2-4,6,9H,5H2,1H3,(H2,13,14). The van der Waals surface area contributed by atoms with E-state index in [0.29, 0.717) is 17.9 Å². The molecule has 1 heterocycles. The molecule has 0 saturated heterocycles. The van der Waals surface area contributed by atoms with Gasteiger partial charge in [-0.2, -0.15) is 0 Å². The smallest absolute Gasteiger partial charge is 0.201 e. The third-order valence-corrected chi connectivity index (χ3v) is 3.39. The molecule has 1 aliphatic rings. The van der Waals surface area contributed by atoms with Gasteiger partial charge in [-0.25, -0.2) is 4.98 Å². The van der Waals surface area contributed by atoms with Crippen molar-refractivity contribution in [1.29, 1.82) is 0 Å². The Labute approximate surface area is 92.8 Å². The van der Waals surface area contributed by atoms with E-state index in [2.05, 4.69) is 16.5 Å². The molecule has 1 aromatic carbocycles. The van der Waals surface area contributed by atoms with Crippen molar-refractivity contribution in [3.63, 3.8) is 0 Å². The topological polar surface area (TPSA) is 43.8 Å². The van der Waals surface area contributed by atoms with E-state index in [4.69, 9.17) is 17.3 Å². The van der Waals surface area contributed by atoms with E-state index in [0.717, 1.165) is 16.1 Å². The number of para-hydroxylation sites is 1. The van der Waals surface area contributed by atoms with Gasteiger partial charge in [0.25, 0.3) is 0 Å². The number of hydrogen-bond donors (Lipinski definition) is 1. The predicted octanol–water partition coefficient (Wildman–Crippen LogP) is 2.85. The normalized spacial score (nSPS) is 24.7. The Balaban J connectivity index is 2.31. The van der Waals surface area contributed by atoms with Crippen molar-refractivity contribution in [3.8, 4) is 0 Å². The maximum Gasteiger partial charge on any atom is 0.201 e. The minimum absolute atomic E-state index is 0.481. The minimum atomic E-state index is 0.481. The van der Waals surface area contributed by atoms with Crippen LogP contribution in [0.15, 0.2) is 18.2 Å². The maximum atomic E-state index is 6.18. The number of rotatable bonds is 1. The van der Waals surface area contributed by atoms with Crippen molar-refractivity contribution in [2.24, 2.45) is 5.92 Å². The molecule has 2 aromatic rings. The molecule has 1 aromatic heterocycles. The molecule has 2 N–H and O–H groups in total. The van der Waals surface area contributed by atoms with Crippen LogP contribution in [0.3, 0.4) is 0 Å². The van der Waals surface area contributed by atoms with Gasteiger partial charge < -0.3 is 10.3 Å². The first-order valence-corrected chi connectivity index (χ1v) is 5.48. The summed E-state index contributed by atoms with van der Waals surface area (Å²) < 4.78 is 2.07. The lowest BCUT2D eigenvalue weighted by atomic mass is 10.3. The minimum Gasteiger partial charge on any atom is -0.369 e. The summed E-state index contributed by atoms with van der Waals surface area (Å²) >= 11 is 6.18. The van der Waals surface area contributed by atoms with Crippen LogP contribution in [0.25, 0.3) is 11.0 Å². The van der Waals surface area contributed by atoms with Crippen molar-refractivity contribution < 1.29 is 0 Å². The third kappa shape index (κ3) is 1.23. The van der Waals surface area contributed by atoms with Gasteiger partial charge in [0.2, 0.25) is 5.95 Å². The molecular formula is C11H12ClN3. The number of anilines is 1. The Kier molecular flexibility index (Phi) is 1.74. The van der Waals surface area contributed by atoms with Crippen LogP contribution in [-0.4, -0.2) is 9.55 Å². The molecule has 15 heavy (non-hydrogen) atoms. The fourth-order valence-electron chi connectivity index (χ4n) is 2.12. The molecule has 2 atom stereocenters. The fraction of sp³-hybridized carbons (Fsp3) is 0.364. The van der Waals surface area contributed by atoms with Gasteiger partial charge in [-0.3, -0.25) is 0 Å². The van der Waals surface area contributed by atoms with Gasteiger partial charge in [0.1, 0.15) is 0 Å². The van der Waals surface area contributed by atoms with Crippen molar-refractivity contribution >= 4 is 28.6 Å². The highest BCUT2D eigenvalue weighted by molar-refractivity contribution is 6.35. The summed E-state index contributed by atoms with van der Waals surface area (Å²) in [6.45, 7) is 2.22. The van der Waals surface area contributed by atoms with Crippen molar-refractivity contribution in [2.45, 2.75) is 19.4 Å². The van der Waals surface area contributed by atoms with E-state index in [9.17, 15) is 0 Å².